The third-order valence-electron chi connectivity index (χ3n) is 5.10. The van der Waals surface area contributed by atoms with E-state index in [0.717, 1.165) is 22.4 Å². The van der Waals surface area contributed by atoms with E-state index in [1.807, 2.05) is 74.6 Å². The normalized spacial score (nSPS) is 10.8. The van der Waals surface area contributed by atoms with Crippen molar-refractivity contribution in [2.75, 3.05) is 11.9 Å². The standard InChI is InChI=1S/C27H26N4O3/c1-19(2)18-34-27(33)29-23-7-3-5-20(15-23)16-25-26(32)12-14-31(30-25)24-10-8-21(9-11-24)22-6-4-13-28-17-22/h3-15,17,19H,16,18H2,1-2H3,(H,29,33). The van der Waals surface area contributed by atoms with Crippen molar-refractivity contribution in [2.45, 2.75) is 20.3 Å². The smallest absolute Gasteiger partial charge is 0.411 e. The summed E-state index contributed by atoms with van der Waals surface area (Å²) in [6.07, 6.45) is 5.06. The highest BCUT2D eigenvalue weighted by Gasteiger charge is 2.09. The van der Waals surface area contributed by atoms with Crippen molar-refractivity contribution in [2.24, 2.45) is 5.92 Å². The molecule has 0 aliphatic heterocycles. The van der Waals surface area contributed by atoms with Crippen molar-refractivity contribution in [3.8, 4) is 16.8 Å². The Bertz CT molecular complexity index is 1320. The molecular weight excluding hydrogens is 428 g/mol. The molecule has 4 aromatic rings. The van der Waals surface area contributed by atoms with E-state index >= 15 is 0 Å². The van der Waals surface area contributed by atoms with E-state index in [4.69, 9.17) is 4.74 Å². The summed E-state index contributed by atoms with van der Waals surface area (Å²) in [5, 5.41) is 7.28. The molecule has 0 aliphatic rings. The molecule has 172 valence electrons. The van der Waals surface area contributed by atoms with Crippen LogP contribution in [0.5, 0.6) is 0 Å². The van der Waals surface area contributed by atoms with E-state index < -0.39 is 6.09 Å². The van der Waals surface area contributed by atoms with Gasteiger partial charge in [0.25, 0.3) is 0 Å². The Labute approximate surface area is 198 Å². The Kier molecular flexibility index (Phi) is 7.13. The van der Waals surface area contributed by atoms with Crippen LogP contribution in [0.2, 0.25) is 0 Å². The molecule has 0 aliphatic carbocycles. The SMILES string of the molecule is CC(C)COC(=O)Nc1cccc(Cc2nn(-c3ccc(-c4cccnc4)cc3)ccc2=O)c1. The Hall–Kier alpha value is -4.26. The van der Waals surface area contributed by atoms with E-state index in [1.165, 1.54) is 6.07 Å². The molecule has 4 rings (SSSR count). The molecule has 0 fully saturated rings. The third-order valence-corrected chi connectivity index (χ3v) is 5.10. The molecule has 0 unspecified atom stereocenters. The van der Waals surface area contributed by atoms with Crippen LogP contribution in [0.4, 0.5) is 10.5 Å². The maximum atomic E-state index is 12.5. The molecule has 1 amide bonds. The largest absolute Gasteiger partial charge is 0.449 e. The lowest BCUT2D eigenvalue weighted by Crippen LogP contribution is -2.17. The molecule has 0 saturated heterocycles. The zero-order chi connectivity index (χ0) is 23.9. The molecule has 2 aromatic heterocycles. The molecule has 1 N–H and O–H groups in total. The van der Waals surface area contributed by atoms with Crippen molar-refractivity contribution < 1.29 is 9.53 Å². The summed E-state index contributed by atoms with van der Waals surface area (Å²) in [4.78, 5) is 28.6. The molecule has 7 nitrogen and oxygen atoms in total. The predicted octanol–water partition coefficient (Wildman–Crippen LogP) is 5.09. The summed E-state index contributed by atoms with van der Waals surface area (Å²) >= 11 is 0. The second-order valence-corrected chi connectivity index (χ2v) is 8.35. The van der Waals surface area contributed by atoms with Crippen LogP contribution in [0.25, 0.3) is 16.8 Å². The zero-order valence-electron chi connectivity index (χ0n) is 19.1. The minimum absolute atomic E-state index is 0.141. The fourth-order valence-electron chi connectivity index (χ4n) is 3.40. The zero-order valence-corrected chi connectivity index (χ0v) is 19.1. The first-order valence-corrected chi connectivity index (χ1v) is 11.1. The second kappa shape index (κ2) is 10.6. The third kappa shape index (κ3) is 5.95. The highest BCUT2D eigenvalue weighted by molar-refractivity contribution is 5.84. The predicted molar refractivity (Wildman–Crippen MR) is 132 cm³/mol. The van der Waals surface area contributed by atoms with Gasteiger partial charge in [-0.25, -0.2) is 9.48 Å². The molecule has 7 heteroatoms. The van der Waals surface area contributed by atoms with Gasteiger partial charge in [0.15, 0.2) is 0 Å². The van der Waals surface area contributed by atoms with Gasteiger partial charge in [-0.05, 0) is 52.9 Å². The molecule has 0 spiro atoms. The Morgan fingerprint density at radius 3 is 2.59 bits per heavy atom. The van der Waals surface area contributed by atoms with Crippen LogP contribution in [0.15, 0.2) is 90.1 Å². The quantitative estimate of drug-likeness (QED) is 0.420. The first kappa shape index (κ1) is 22.9. The highest BCUT2D eigenvalue weighted by atomic mass is 16.5. The number of anilines is 1. The number of nitrogens with one attached hydrogen (secondary N) is 1. The first-order valence-electron chi connectivity index (χ1n) is 11.1. The number of nitrogens with zero attached hydrogens (tertiary/aromatic N) is 3. The lowest BCUT2D eigenvalue weighted by Gasteiger charge is -2.11. The van der Waals surface area contributed by atoms with Gasteiger partial charge in [0, 0.05) is 36.8 Å². The Morgan fingerprint density at radius 1 is 1.03 bits per heavy atom. The van der Waals surface area contributed by atoms with Crippen LogP contribution in [-0.2, 0) is 11.2 Å². The van der Waals surface area contributed by atoms with Gasteiger partial charge in [0.2, 0.25) is 5.43 Å². The number of hydrogen-bond donors (Lipinski definition) is 1. The molecule has 0 atom stereocenters. The van der Waals surface area contributed by atoms with Crippen LogP contribution in [0.3, 0.4) is 0 Å². The van der Waals surface area contributed by atoms with Crippen LogP contribution in [-0.4, -0.2) is 27.5 Å². The fraction of sp³-hybridized carbons (Fsp3) is 0.185. The van der Waals surface area contributed by atoms with Gasteiger partial charge in [-0.15, -0.1) is 0 Å². The van der Waals surface area contributed by atoms with E-state index in [1.54, 1.807) is 23.1 Å². The topological polar surface area (TPSA) is 86.1 Å². The summed E-state index contributed by atoms with van der Waals surface area (Å²) in [5.41, 5.74) is 4.66. The van der Waals surface area contributed by atoms with Gasteiger partial charge < -0.3 is 4.74 Å². The molecule has 0 bridgehead atoms. The number of carbonyl (C=O) groups is 1. The number of carbonyl (C=O) groups excluding carboxylic acids is 1. The number of amides is 1. The van der Waals surface area contributed by atoms with Crippen LogP contribution < -0.4 is 10.7 Å². The van der Waals surface area contributed by atoms with Gasteiger partial charge in [-0.2, -0.15) is 5.10 Å². The minimum Gasteiger partial charge on any atom is -0.449 e. The van der Waals surface area contributed by atoms with E-state index in [0.29, 0.717) is 24.4 Å². The maximum Gasteiger partial charge on any atom is 0.411 e. The second-order valence-electron chi connectivity index (χ2n) is 8.35. The number of pyridine rings is 1. The summed E-state index contributed by atoms with van der Waals surface area (Å²) in [6, 6.07) is 20.6. The Balaban J connectivity index is 1.50. The van der Waals surface area contributed by atoms with Gasteiger partial charge >= 0.3 is 6.09 Å². The molecule has 34 heavy (non-hydrogen) atoms. The summed E-state index contributed by atoms with van der Waals surface area (Å²) in [6.45, 7) is 4.30. The van der Waals surface area contributed by atoms with Crippen molar-refractivity contribution in [1.82, 2.24) is 14.8 Å². The number of aromatic nitrogens is 3. The average Bonchev–Trinajstić information content (AvgIpc) is 2.85. The lowest BCUT2D eigenvalue weighted by atomic mass is 10.1. The van der Waals surface area contributed by atoms with Gasteiger partial charge in [0.1, 0.15) is 5.69 Å². The highest BCUT2D eigenvalue weighted by Crippen LogP contribution is 2.20. The molecule has 0 radical (unpaired) electrons. The number of benzene rings is 2. The van der Waals surface area contributed by atoms with Crippen LogP contribution in [0, 0.1) is 5.92 Å². The van der Waals surface area contributed by atoms with Crippen LogP contribution in [0.1, 0.15) is 25.1 Å². The van der Waals surface area contributed by atoms with E-state index in [9.17, 15) is 9.59 Å². The summed E-state index contributed by atoms with van der Waals surface area (Å²) in [5.74, 6) is 0.259. The van der Waals surface area contributed by atoms with E-state index in [-0.39, 0.29) is 11.3 Å². The first-order chi connectivity index (χ1) is 16.5. The molecule has 2 heterocycles. The molecular formula is C27H26N4O3. The van der Waals surface area contributed by atoms with Crippen LogP contribution >= 0.6 is 0 Å². The summed E-state index contributed by atoms with van der Waals surface area (Å²) < 4.78 is 6.86. The average molecular weight is 455 g/mol. The number of ether oxygens (including phenoxy) is 1. The summed E-state index contributed by atoms with van der Waals surface area (Å²) in [7, 11) is 0. The van der Waals surface area contributed by atoms with Crippen molar-refractivity contribution in [3.63, 3.8) is 0 Å². The minimum atomic E-state index is -0.499. The fourth-order valence-corrected chi connectivity index (χ4v) is 3.40. The van der Waals surface area contributed by atoms with Crippen molar-refractivity contribution in [1.29, 1.82) is 0 Å². The number of hydrogen-bond acceptors (Lipinski definition) is 5. The Morgan fingerprint density at radius 2 is 1.85 bits per heavy atom. The van der Waals surface area contributed by atoms with Gasteiger partial charge in [-0.1, -0.05) is 44.2 Å². The van der Waals surface area contributed by atoms with Gasteiger partial charge in [-0.3, -0.25) is 15.1 Å². The molecule has 0 saturated carbocycles. The number of rotatable bonds is 7. The molecule has 2 aromatic carbocycles. The maximum absolute atomic E-state index is 12.5. The van der Waals surface area contributed by atoms with E-state index in [2.05, 4.69) is 15.4 Å². The van der Waals surface area contributed by atoms with Crippen molar-refractivity contribution in [3.05, 3.63) is 107 Å². The van der Waals surface area contributed by atoms with Crippen molar-refractivity contribution >= 4 is 11.8 Å². The van der Waals surface area contributed by atoms with Gasteiger partial charge in [0.05, 0.1) is 12.3 Å². The monoisotopic (exact) mass is 454 g/mol. The lowest BCUT2D eigenvalue weighted by molar-refractivity contribution is 0.147.